The van der Waals surface area contributed by atoms with Gasteiger partial charge >= 0.3 is 0 Å². The number of hydrogen-bond acceptors (Lipinski definition) is 1. The number of nitrogens with one attached hydrogen (secondary N) is 1. The first-order valence-electron chi connectivity index (χ1n) is 7.13. The molecule has 1 aliphatic carbocycles. The first-order valence-corrected chi connectivity index (χ1v) is 7.13. The fraction of sp³-hybridized carbons (Fsp3) is 0.867. The van der Waals surface area contributed by atoms with Gasteiger partial charge in [0.15, 0.2) is 0 Å². The molecule has 0 heterocycles. The van der Waals surface area contributed by atoms with E-state index in [9.17, 15) is 0 Å². The quantitative estimate of drug-likeness (QED) is 0.635. The molecule has 0 saturated carbocycles. The van der Waals surface area contributed by atoms with Crippen LogP contribution in [0, 0.1) is 5.92 Å². The zero-order valence-corrected chi connectivity index (χ0v) is 11.4. The fourth-order valence-corrected chi connectivity index (χ4v) is 2.56. The Hall–Kier alpha value is -0.300. The summed E-state index contributed by atoms with van der Waals surface area (Å²) in [7, 11) is 0. The van der Waals surface area contributed by atoms with Crippen molar-refractivity contribution in [3.05, 3.63) is 11.6 Å². The maximum atomic E-state index is 3.71. The second kappa shape index (κ2) is 7.89. The third kappa shape index (κ3) is 5.69. The van der Waals surface area contributed by atoms with Gasteiger partial charge in [0.1, 0.15) is 0 Å². The van der Waals surface area contributed by atoms with Crippen molar-refractivity contribution >= 4 is 0 Å². The summed E-state index contributed by atoms with van der Waals surface area (Å²) < 4.78 is 0. The number of hydrogen-bond donors (Lipinski definition) is 1. The van der Waals surface area contributed by atoms with Crippen molar-refractivity contribution in [2.24, 2.45) is 5.92 Å². The van der Waals surface area contributed by atoms with E-state index in [0.717, 1.165) is 5.92 Å². The van der Waals surface area contributed by atoms with Crippen LogP contribution < -0.4 is 5.32 Å². The zero-order chi connectivity index (χ0) is 11.8. The molecule has 1 rings (SSSR count). The van der Waals surface area contributed by atoms with Gasteiger partial charge in [-0.3, -0.25) is 0 Å². The topological polar surface area (TPSA) is 12.0 Å². The maximum absolute atomic E-state index is 3.71. The Kier molecular flexibility index (Phi) is 6.79. The van der Waals surface area contributed by atoms with Crippen LogP contribution in [0.1, 0.15) is 65.7 Å². The van der Waals surface area contributed by atoms with Crippen LogP contribution in [0.2, 0.25) is 0 Å². The molecule has 0 saturated heterocycles. The largest absolute Gasteiger partial charge is 0.314 e. The molecule has 0 aromatic carbocycles. The van der Waals surface area contributed by atoms with Crippen molar-refractivity contribution in [1.82, 2.24) is 5.32 Å². The van der Waals surface area contributed by atoms with Gasteiger partial charge in [0.2, 0.25) is 0 Å². The summed E-state index contributed by atoms with van der Waals surface area (Å²) in [6, 6.07) is 0.712. The summed E-state index contributed by atoms with van der Waals surface area (Å²) in [5.41, 5.74) is 1.71. The minimum Gasteiger partial charge on any atom is -0.314 e. The molecule has 0 fully saturated rings. The maximum Gasteiger partial charge on any atom is 0.0107 e. The minimum atomic E-state index is 0.712. The Balaban J connectivity index is 2.38. The summed E-state index contributed by atoms with van der Waals surface area (Å²) in [5, 5.41) is 3.71. The molecular weight excluding hydrogens is 194 g/mol. The molecule has 0 aromatic heterocycles. The molecule has 1 N–H and O–H groups in total. The lowest BCUT2D eigenvalue weighted by Gasteiger charge is -2.23. The highest BCUT2D eigenvalue weighted by Crippen LogP contribution is 2.23. The van der Waals surface area contributed by atoms with Gasteiger partial charge in [-0.05, 0) is 57.4 Å². The van der Waals surface area contributed by atoms with Gasteiger partial charge in [-0.2, -0.15) is 0 Å². The summed E-state index contributed by atoms with van der Waals surface area (Å²) in [5.74, 6) is 0.804. The lowest BCUT2D eigenvalue weighted by molar-refractivity contribution is 0.409. The molecular formula is C15H29N. The molecule has 16 heavy (non-hydrogen) atoms. The highest BCUT2D eigenvalue weighted by Gasteiger charge is 2.13. The van der Waals surface area contributed by atoms with E-state index in [1.54, 1.807) is 5.57 Å². The van der Waals surface area contributed by atoms with Gasteiger partial charge in [-0.25, -0.2) is 0 Å². The van der Waals surface area contributed by atoms with Gasteiger partial charge < -0.3 is 5.32 Å². The standard InChI is InChI=1S/C15H29N/c1-4-10-16-15(11-13(2)3)12-14-8-6-5-7-9-14/h8,13,15-16H,4-7,9-12H2,1-3H3. The second-order valence-electron chi connectivity index (χ2n) is 5.59. The predicted molar refractivity (Wildman–Crippen MR) is 72.7 cm³/mol. The normalized spacial score (nSPS) is 18.6. The number of allylic oxidation sites excluding steroid dienone is 1. The average Bonchev–Trinajstić information content (AvgIpc) is 2.26. The van der Waals surface area contributed by atoms with E-state index >= 15 is 0 Å². The molecule has 0 spiro atoms. The zero-order valence-electron chi connectivity index (χ0n) is 11.4. The van der Waals surface area contributed by atoms with Crippen LogP contribution in [0.25, 0.3) is 0 Å². The van der Waals surface area contributed by atoms with Crippen molar-refractivity contribution < 1.29 is 0 Å². The monoisotopic (exact) mass is 223 g/mol. The SMILES string of the molecule is CCCNC(CC1=CCCCC1)CC(C)C. The van der Waals surface area contributed by atoms with E-state index in [4.69, 9.17) is 0 Å². The summed E-state index contributed by atoms with van der Waals surface area (Å²) >= 11 is 0. The number of rotatable bonds is 7. The molecule has 0 bridgehead atoms. The van der Waals surface area contributed by atoms with Crippen LogP contribution in [0.5, 0.6) is 0 Å². The Morgan fingerprint density at radius 3 is 2.69 bits per heavy atom. The van der Waals surface area contributed by atoms with Gasteiger partial charge in [0.25, 0.3) is 0 Å². The van der Waals surface area contributed by atoms with Crippen molar-refractivity contribution in [1.29, 1.82) is 0 Å². The molecule has 1 aliphatic rings. The van der Waals surface area contributed by atoms with Crippen molar-refractivity contribution in [2.75, 3.05) is 6.54 Å². The average molecular weight is 223 g/mol. The summed E-state index contributed by atoms with van der Waals surface area (Å²) in [6.45, 7) is 8.08. The van der Waals surface area contributed by atoms with E-state index < -0.39 is 0 Å². The van der Waals surface area contributed by atoms with E-state index in [1.165, 1.54) is 51.5 Å². The Labute approximate surface area is 102 Å². The van der Waals surface area contributed by atoms with E-state index in [2.05, 4.69) is 32.2 Å². The van der Waals surface area contributed by atoms with E-state index in [1.807, 2.05) is 0 Å². The molecule has 0 amide bonds. The summed E-state index contributed by atoms with van der Waals surface area (Å²) in [4.78, 5) is 0. The molecule has 1 heteroatoms. The van der Waals surface area contributed by atoms with Gasteiger partial charge in [0, 0.05) is 6.04 Å². The second-order valence-corrected chi connectivity index (χ2v) is 5.59. The molecule has 1 atom stereocenters. The Bertz CT molecular complexity index is 205. The first kappa shape index (κ1) is 13.8. The van der Waals surface area contributed by atoms with Gasteiger partial charge in [0.05, 0.1) is 0 Å². The van der Waals surface area contributed by atoms with Gasteiger partial charge in [-0.15, -0.1) is 0 Å². The van der Waals surface area contributed by atoms with Crippen molar-refractivity contribution in [3.63, 3.8) is 0 Å². The summed E-state index contributed by atoms with van der Waals surface area (Å²) in [6.07, 6.45) is 11.8. The van der Waals surface area contributed by atoms with E-state index in [-0.39, 0.29) is 0 Å². The molecule has 1 nitrogen and oxygen atoms in total. The highest BCUT2D eigenvalue weighted by atomic mass is 14.9. The van der Waals surface area contributed by atoms with Crippen LogP contribution in [0.3, 0.4) is 0 Å². The third-order valence-corrected chi connectivity index (χ3v) is 3.33. The van der Waals surface area contributed by atoms with Crippen LogP contribution in [-0.2, 0) is 0 Å². The lowest BCUT2D eigenvalue weighted by Crippen LogP contribution is -2.31. The Morgan fingerprint density at radius 1 is 1.31 bits per heavy atom. The Morgan fingerprint density at radius 2 is 2.12 bits per heavy atom. The smallest absolute Gasteiger partial charge is 0.0107 e. The molecule has 1 unspecified atom stereocenters. The van der Waals surface area contributed by atoms with Crippen LogP contribution in [0.4, 0.5) is 0 Å². The van der Waals surface area contributed by atoms with Crippen LogP contribution in [-0.4, -0.2) is 12.6 Å². The van der Waals surface area contributed by atoms with Crippen molar-refractivity contribution in [2.45, 2.75) is 71.8 Å². The third-order valence-electron chi connectivity index (χ3n) is 3.33. The van der Waals surface area contributed by atoms with Crippen LogP contribution in [0.15, 0.2) is 11.6 Å². The molecule has 0 radical (unpaired) electrons. The van der Waals surface area contributed by atoms with Crippen molar-refractivity contribution in [3.8, 4) is 0 Å². The molecule has 94 valence electrons. The van der Waals surface area contributed by atoms with Gasteiger partial charge in [-0.1, -0.05) is 32.4 Å². The van der Waals surface area contributed by atoms with Crippen LogP contribution >= 0.6 is 0 Å². The lowest BCUT2D eigenvalue weighted by atomic mass is 9.91. The fourth-order valence-electron chi connectivity index (χ4n) is 2.56. The minimum absolute atomic E-state index is 0.712. The highest BCUT2D eigenvalue weighted by molar-refractivity contribution is 5.07. The predicted octanol–water partition coefficient (Wildman–Crippen LogP) is 4.29. The van der Waals surface area contributed by atoms with E-state index in [0.29, 0.717) is 6.04 Å². The molecule has 0 aliphatic heterocycles. The molecule has 0 aromatic rings. The first-order chi connectivity index (χ1) is 7.72.